The Hall–Kier alpha value is -2.91. The molecule has 0 radical (unpaired) electrons. The SMILES string of the molecule is Cc1cn(CC(=O)NCC(=O)OC(C)(C)C)c(=O)n(C(=O)OC(C)(C)C)c1=O. The van der Waals surface area contributed by atoms with Crippen LogP contribution in [0.25, 0.3) is 0 Å². The van der Waals surface area contributed by atoms with Crippen LogP contribution in [0.3, 0.4) is 0 Å². The van der Waals surface area contributed by atoms with Crippen molar-refractivity contribution in [1.29, 1.82) is 0 Å². The van der Waals surface area contributed by atoms with Gasteiger partial charge in [0.15, 0.2) is 0 Å². The summed E-state index contributed by atoms with van der Waals surface area (Å²) in [7, 11) is 0. The van der Waals surface area contributed by atoms with Gasteiger partial charge in [0.05, 0.1) is 0 Å². The molecule has 0 saturated heterocycles. The van der Waals surface area contributed by atoms with Gasteiger partial charge >= 0.3 is 17.8 Å². The van der Waals surface area contributed by atoms with E-state index >= 15 is 0 Å². The van der Waals surface area contributed by atoms with E-state index in [2.05, 4.69) is 5.32 Å². The summed E-state index contributed by atoms with van der Waals surface area (Å²) in [5.74, 6) is -1.30. The first-order chi connectivity index (χ1) is 12.6. The summed E-state index contributed by atoms with van der Waals surface area (Å²) in [6, 6.07) is 0. The van der Waals surface area contributed by atoms with Crippen molar-refractivity contribution in [1.82, 2.24) is 14.5 Å². The van der Waals surface area contributed by atoms with Crippen LogP contribution in [0.4, 0.5) is 4.79 Å². The van der Waals surface area contributed by atoms with Crippen molar-refractivity contribution >= 4 is 18.0 Å². The highest BCUT2D eigenvalue weighted by Crippen LogP contribution is 2.07. The number of aromatic nitrogens is 2. The van der Waals surface area contributed by atoms with Crippen LogP contribution in [0.5, 0.6) is 0 Å². The number of hydrogen-bond acceptors (Lipinski definition) is 7. The molecular weight excluding hydrogens is 370 g/mol. The Morgan fingerprint density at radius 2 is 1.54 bits per heavy atom. The average Bonchev–Trinajstić information content (AvgIpc) is 2.47. The van der Waals surface area contributed by atoms with Gasteiger partial charge in [-0.2, -0.15) is 4.57 Å². The molecule has 0 saturated carbocycles. The maximum Gasteiger partial charge on any atom is 0.425 e. The Labute approximate surface area is 162 Å². The third-order valence-corrected chi connectivity index (χ3v) is 3.07. The summed E-state index contributed by atoms with van der Waals surface area (Å²) in [6.07, 6.45) is 0.0348. The van der Waals surface area contributed by atoms with E-state index in [0.29, 0.717) is 4.57 Å². The zero-order valence-corrected chi connectivity index (χ0v) is 17.2. The Balaban J connectivity index is 2.99. The van der Waals surface area contributed by atoms with Crippen molar-refractivity contribution in [3.05, 3.63) is 32.6 Å². The van der Waals surface area contributed by atoms with Gasteiger partial charge in [0, 0.05) is 11.8 Å². The molecule has 1 rings (SSSR count). The van der Waals surface area contributed by atoms with Crippen molar-refractivity contribution in [3.8, 4) is 0 Å². The highest BCUT2D eigenvalue weighted by Gasteiger charge is 2.23. The minimum Gasteiger partial charge on any atom is -0.459 e. The first-order valence-corrected chi connectivity index (χ1v) is 8.66. The molecule has 0 fully saturated rings. The maximum absolute atomic E-state index is 12.5. The minimum atomic E-state index is -1.13. The van der Waals surface area contributed by atoms with Gasteiger partial charge in [-0.1, -0.05) is 0 Å². The molecule has 0 atom stereocenters. The van der Waals surface area contributed by atoms with E-state index in [4.69, 9.17) is 9.47 Å². The largest absolute Gasteiger partial charge is 0.459 e. The standard InChI is InChI=1S/C18H27N3O7/c1-11-9-20(10-12(22)19-8-13(23)27-17(2,3)4)15(25)21(14(11)24)16(26)28-18(5,6)7/h9H,8,10H2,1-7H3,(H,19,22). The van der Waals surface area contributed by atoms with Gasteiger partial charge < -0.3 is 14.8 Å². The molecule has 0 aromatic carbocycles. The van der Waals surface area contributed by atoms with E-state index in [9.17, 15) is 24.0 Å². The number of amides is 1. The number of nitrogens with one attached hydrogen (secondary N) is 1. The van der Waals surface area contributed by atoms with Gasteiger partial charge in [0.1, 0.15) is 24.3 Å². The second-order valence-corrected chi connectivity index (χ2v) is 8.21. The quantitative estimate of drug-likeness (QED) is 0.736. The number of hydrogen-bond donors (Lipinski definition) is 1. The molecule has 28 heavy (non-hydrogen) atoms. The number of carbonyl (C=O) groups excluding carboxylic acids is 3. The average molecular weight is 397 g/mol. The summed E-state index contributed by atoms with van der Waals surface area (Å²) in [5, 5.41) is 2.32. The van der Waals surface area contributed by atoms with Gasteiger partial charge in [0.2, 0.25) is 5.91 Å². The van der Waals surface area contributed by atoms with Crippen LogP contribution in [0, 0.1) is 6.92 Å². The summed E-state index contributed by atoms with van der Waals surface area (Å²) >= 11 is 0. The lowest BCUT2D eigenvalue weighted by atomic mass is 10.2. The smallest absolute Gasteiger partial charge is 0.425 e. The highest BCUT2D eigenvalue weighted by atomic mass is 16.6. The van der Waals surface area contributed by atoms with Crippen LogP contribution in [-0.2, 0) is 25.6 Å². The number of carbonyl (C=O) groups is 3. The third-order valence-electron chi connectivity index (χ3n) is 3.07. The Morgan fingerprint density at radius 3 is 2.04 bits per heavy atom. The van der Waals surface area contributed by atoms with Gasteiger partial charge in [0.25, 0.3) is 5.56 Å². The molecule has 1 aromatic rings. The van der Waals surface area contributed by atoms with Gasteiger partial charge in [-0.25, -0.2) is 9.59 Å². The molecule has 0 unspecified atom stereocenters. The molecule has 0 aliphatic heterocycles. The summed E-state index contributed by atoms with van der Waals surface area (Å²) < 4.78 is 11.4. The van der Waals surface area contributed by atoms with E-state index in [1.165, 1.54) is 13.1 Å². The van der Waals surface area contributed by atoms with Crippen molar-refractivity contribution in [2.75, 3.05) is 6.54 Å². The molecule has 10 heteroatoms. The zero-order valence-electron chi connectivity index (χ0n) is 17.2. The van der Waals surface area contributed by atoms with Crippen LogP contribution in [-0.4, -0.2) is 44.9 Å². The zero-order chi connectivity index (χ0) is 21.9. The fourth-order valence-electron chi connectivity index (χ4n) is 2.08. The lowest BCUT2D eigenvalue weighted by Crippen LogP contribution is -2.48. The fourth-order valence-corrected chi connectivity index (χ4v) is 2.08. The lowest BCUT2D eigenvalue weighted by molar-refractivity contribution is -0.154. The number of ether oxygens (including phenoxy) is 2. The Bertz CT molecular complexity index is 882. The number of esters is 1. The van der Waals surface area contributed by atoms with E-state index < -0.39 is 47.0 Å². The van der Waals surface area contributed by atoms with Crippen LogP contribution >= 0.6 is 0 Å². The highest BCUT2D eigenvalue weighted by molar-refractivity contribution is 5.82. The van der Waals surface area contributed by atoms with Crippen LogP contribution < -0.4 is 16.6 Å². The second-order valence-electron chi connectivity index (χ2n) is 8.21. The molecule has 1 aromatic heterocycles. The number of rotatable bonds is 4. The molecule has 156 valence electrons. The summed E-state index contributed by atoms with van der Waals surface area (Å²) in [5.41, 5.74) is -3.38. The minimum absolute atomic E-state index is 0.0744. The Kier molecular flexibility index (Phi) is 6.94. The predicted octanol–water partition coefficient (Wildman–Crippen LogP) is 0.560. The van der Waals surface area contributed by atoms with Crippen molar-refractivity contribution in [3.63, 3.8) is 0 Å². The summed E-state index contributed by atoms with van der Waals surface area (Å²) in [6.45, 7) is 10.4. The van der Waals surface area contributed by atoms with Crippen molar-refractivity contribution in [2.45, 2.75) is 66.2 Å². The molecule has 1 amide bonds. The second kappa shape index (κ2) is 8.41. The summed E-state index contributed by atoms with van der Waals surface area (Å²) in [4.78, 5) is 60.6. The number of aryl methyl sites for hydroxylation is 1. The predicted molar refractivity (Wildman–Crippen MR) is 100 cm³/mol. The van der Waals surface area contributed by atoms with Crippen LogP contribution in [0.1, 0.15) is 47.1 Å². The Morgan fingerprint density at radius 1 is 1.00 bits per heavy atom. The molecule has 1 heterocycles. The number of nitrogens with zero attached hydrogens (tertiary/aromatic N) is 2. The molecular formula is C18H27N3O7. The molecule has 0 aliphatic carbocycles. The normalized spacial score (nSPS) is 11.7. The topological polar surface area (TPSA) is 126 Å². The van der Waals surface area contributed by atoms with E-state index in [0.717, 1.165) is 4.57 Å². The van der Waals surface area contributed by atoms with Crippen molar-refractivity contribution in [2.24, 2.45) is 0 Å². The lowest BCUT2D eigenvalue weighted by Gasteiger charge is -2.20. The molecule has 1 N–H and O–H groups in total. The fraction of sp³-hybridized carbons (Fsp3) is 0.611. The van der Waals surface area contributed by atoms with E-state index in [-0.39, 0.29) is 12.1 Å². The molecule has 0 bridgehead atoms. The van der Waals surface area contributed by atoms with Gasteiger partial charge in [-0.05, 0) is 48.5 Å². The van der Waals surface area contributed by atoms with E-state index in [1.54, 1.807) is 41.5 Å². The maximum atomic E-state index is 12.5. The van der Waals surface area contributed by atoms with Crippen LogP contribution in [0.2, 0.25) is 0 Å². The first kappa shape index (κ1) is 23.1. The molecule has 0 aliphatic rings. The van der Waals surface area contributed by atoms with Gasteiger partial charge in [-0.3, -0.25) is 19.0 Å². The van der Waals surface area contributed by atoms with Crippen LogP contribution in [0.15, 0.2) is 15.8 Å². The molecule has 10 nitrogen and oxygen atoms in total. The third kappa shape index (κ3) is 7.01. The first-order valence-electron chi connectivity index (χ1n) is 8.66. The molecule has 0 spiro atoms. The monoisotopic (exact) mass is 397 g/mol. The van der Waals surface area contributed by atoms with Crippen molar-refractivity contribution < 1.29 is 23.9 Å². The van der Waals surface area contributed by atoms with Gasteiger partial charge in [-0.15, -0.1) is 0 Å². The van der Waals surface area contributed by atoms with E-state index in [1.807, 2.05) is 0 Å².